The topological polar surface area (TPSA) is 41.5 Å². The highest BCUT2D eigenvalue weighted by atomic mass is 16.5. The van der Waals surface area contributed by atoms with E-state index in [1.165, 1.54) is 0 Å². The second kappa shape index (κ2) is 6.13. The molecule has 3 nitrogen and oxygen atoms in total. The van der Waals surface area contributed by atoms with Crippen LogP contribution in [0, 0.1) is 0 Å². The summed E-state index contributed by atoms with van der Waals surface area (Å²) in [7, 11) is 0. The van der Waals surface area contributed by atoms with E-state index in [0.29, 0.717) is 6.10 Å². The monoisotopic (exact) mass is 213 g/mol. The Balaban J connectivity index is 2.29. The van der Waals surface area contributed by atoms with Crippen LogP contribution in [0.3, 0.4) is 0 Å². The van der Waals surface area contributed by atoms with Crippen LogP contribution in [-0.4, -0.2) is 29.9 Å². The van der Waals surface area contributed by atoms with Crippen LogP contribution in [0.1, 0.15) is 39.5 Å². The normalized spacial score (nSPS) is 24.6. The molecule has 0 fully saturated rings. The summed E-state index contributed by atoms with van der Waals surface area (Å²) in [5.74, 6) is 0. The summed E-state index contributed by atoms with van der Waals surface area (Å²) >= 11 is 0. The van der Waals surface area contributed by atoms with E-state index >= 15 is 0 Å². The van der Waals surface area contributed by atoms with Crippen molar-refractivity contribution in [2.45, 2.75) is 51.2 Å². The zero-order valence-electron chi connectivity index (χ0n) is 9.83. The molecule has 2 unspecified atom stereocenters. The number of aliphatic hydroxyl groups is 1. The van der Waals surface area contributed by atoms with Crippen molar-refractivity contribution in [3.8, 4) is 0 Å². The maximum atomic E-state index is 8.99. The highest BCUT2D eigenvalue weighted by molar-refractivity contribution is 4.87. The van der Waals surface area contributed by atoms with Crippen LogP contribution in [0.4, 0.5) is 0 Å². The summed E-state index contributed by atoms with van der Waals surface area (Å²) in [5.41, 5.74) is 0.0409. The Morgan fingerprint density at radius 1 is 1.60 bits per heavy atom. The van der Waals surface area contributed by atoms with Crippen molar-refractivity contribution in [3.63, 3.8) is 0 Å². The van der Waals surface area contributed by atoms with E-state index in [9.17, 15) is 0 Å². The Morgan fingerprint density at radius 3 is 2.93 bits per heavy atom. The minimum Gasteiger partial charge on any atom is -0.497 e. The maximum absolute atomic E-state index is 8.99. The van der Waals surface area contributed by atoms with Crippen LogP contribution in [0.15, 0.2) is 12.3 Å². The lowest BCUT2D eigenvalue weighted by molar-refractivity contribution is 0.106. The zero-order valence-corrected chi connectivity index (χ0v) is 9.83. The molecular formula is C12H23NO2. The average molecular weight is 213 g/mol. The number of hydrogen-bond acceptors (Lipinski definition) is 3. The predicted molar refractivity (Wildman–Crippen MR) is 61.6 cm³/mol. The molecule has 0 spiro atoms. The summed E-state index contributed by atoms with van der Waals surface area (Å²) in [5, 5.41) is 12.5. The van der Waals surface area contributed by atoms with E-state index in [1.54, 1.807) is 6.26 Å². The second-order valence-corrected chi connectivity index (χ2v) is 4.48. The van der Waals surface area contributed by atoms with Crippen molar-refractivity contribution in [2.24, 2.45) is 0 Å². The fourth-order valence-electron chi connectivity index (χ4n) is 1.73. The summed E-state index contributed by atoms with van der Waals surface area (Å²) in [6.07, 6.45) is 8.16. The molecule has 0 aliphatic carbocycles. The van der Waals surface area contributed by atoms with Crippen LogP contribution in [0.25, 0.3) is 0 Å². The largest absolute Gasteiger partial charge is 0.497 e. The maximum Gasteiger partial charge on any atom is 0.110 e. The van der Waals surface area contributed by atoms with E-state index in [4.69, 9.17) is 9.84 Å². The molecule has 1 heterocycles. The number of nitrogens with one attached hydrogen (secondary N) is 1. The van der Waals surface area contributed by atoms with Crippen LogP contribution >= 0.6 is 0 Å². The van der Waals surface area contributed by atoms with Gasteiger partial charge in [0.2, 0.25) is 0 Å². The average Bonchev–Trinajstić information content (AvgIpc) is 2.28. The molecule has 0 amide bonds. The zero-order chi connectivity index (χ0) is 11.1. The highest BCUT2D eigenvalue weighted by Gasteiger charge is 2.22. The van der Waals surface area contributed by atoms with Gasteiger partial charge in [0.25, 0.3) is 0 Å². The Hall–Kier alpha value is -0.540. The third-order valence-electron chi connectivity index (χ3n) is 3.22. The van der Waals surface area contributed by atoms with Gasteiger partial charge in [-0.2, -0.15) is 0 Å². The molecule has 15 heavy (non-hydrogen) atoms. The van der Waals surface area contributed by atoms with Gasteiger partial charge in [-0.15, -0.1) is 0 Å². The Bertz CT molecular complexity index is 206. The number of hydrogen-bond donors (Lipinski definition) is 2. The van der Waals surface area contributed by atoms with Gasteiger partial charge in [0, 0.05) is 18.7 Å². The third-order valence-corrected chi connectivity index (χ3v) is 3.22. The lowest BCUT2D eigenvalue weighted by Gasteiger charge is -2.31. The fraction of sp³-hybridized carbons (Fsp3) is 0.833. The first-order chi connectivity index (χ1) is 7.20. The lowest BCUT2D eigenvalue weighted by atomic mass is 9.94. The lowest BCUT2D eigenvalue weighted by Crippen LogP contribution is -2.46. The van der Waals surface area contributed by atoms with Crippen molar-refractivity contribution < 1.29 is 9.84 Å². The van der Waals surface area contributed by atoms with E-state index < -0.39 is 0 Å². The van der Waals surface area contributed by atoms with Gasteiger partial charge < -0.3 is 15.2 Å². The first-order valence-electron chi connectivity index (χ1n) is 5.86. The smallest absolute Gasteiger partial charge is 0.110 e. The molecule has 0 saturated carbocycles. The molecule has 0 bridgehead atoms. The molecule has 1 aliphatic heterocycles. The summed E-state index contributed by atoms with van der Waals surface area (Å²) in [6, 6.07) is 0. The Kier molecular flexibility index (Phi) is 5.12. The summed E-state index contributed by atoms with van der Waals surface area (Å²) < 4.78 is 5.49. The van der Waals surface area contributed by atoms with Gasteiger partial charge in [-0.25, -0.2) is 0 Å². The quantitative estimate of drug-likeness (QED) is 0.707. The van der Waals surface area contributed by atoms with E-state index in [2.05, 4.69) is 25.2 Å². The fourth-order valence-corrected chi connectivity index (χ4v) is 1.73. The molecule has 0 aromatic rings. The van der Waals surface area contributed by atoms with Crippen molar-refractivity contribution >= 4 is 0 Å². The first kappa shape index (κ1) is 12.5. The molecule has 1 aliphatic rings. The molecule has 0 saturated heterocycles. The van der Waals surface area contributed by atoms with Crippen LogP contribution < -0.4 is 5.32 Å². The third kappa shape index (κ3) is 4.22. The SMILES string of the molecule is CCC(C)(CCO)NCC1CCC=CO1. The minimum absolute atomic E-state index is 0.0409. The van der Waals surface area contributed by atoms with Crippen LogP contribution in [-0.2, 0) is 4.74 Å². The summed E-state index contributed by atoms with van der Waals surface area (Å²) in [6.45, 7) is 5.41. The molecular weight excluding hydrogens is 190 g/mol. The van der Waals surface area contributed by atoms with Gasteiger partial charge in [-0.05, 0) is 38.7 Å². The van der Waals surface area contributed by atoms with E-state index in [0.717, 1.165) is 32.2 Å². The van der Waals surface area contributed by atoms with Crippen LogP contribution in [0.2, 0.25) is 0 Å². The molecule has 3 heteroatoms. The number of rotatable bonds is 6. The van der Waals surface area contributed by atoms with Crippen molar-refractivity contribution in [1.82, 2.24) is 5.32 Å². The standard InChI is InChI=1S/C12H23NO2/c1-3-12(2,7-8-14)13-10-11-6-4-5-9-15-11/h5,9,11,13-14H,3-4,6-8,10H2,1-2H3. The Morgan fingerprint density at radius 2 is 2.40 bits per heavy atom. The molecule has 2 atom stereocenters. The Labute approximate surface area is 92.5 Å². The number of ether oxygens (including phenoxy) is 1. The van der Waals surface area contributed by atoms with Gasteiger partial charge >= 0.3 is 0 Å². The molecule has 0 aromatic heterocycles. The highest BCUT2D eigenvalue weighted by Crippen LogP contribution is 2.15. The van der Waals surface area contributed by atoms with Gasteiger partial charge in [0.05, 0.1) is 6.26 Å². The molecule has 1 rings (SSSR count). The predicted octanol–water partition coefficient (Wildman–Crippen LogP) is 1.82. The van der Waals surface area contributed by atoms with Gasteiger partial charge in [-0.3, -0.25) is 0 Å². The second-order valence-electron chi connectivity index (χ2n) is 4.48. The molecule has 88 valence electrons. The molecule has 0 radical (unpaired) electrons. The van der Waals surface area contributed by atoms with Crippen molar-refractivity contribution in [3.05, 3.63) is 12.3 Å². The van der Waals surface area contributed by atoms with Crippen LogP contribution in [0.5, 0.6) is 0 Å². The molecule has 2 N–H and O–H groups in total. The van der Waals surface area contributed by atoms with Crippen molar-refractivity contribution in [2.75, 3.05) is 13.2 Å². The van der Waals surface area contributed by atoms with Gasteiger partial charge in [0.1, 0.15) is 6.10 Å². The van der Waals surface area contributed by atoms with Gasteiger partial charge in [-0.1, -0.05) is 6.92 Å². The van der Waals surface area contributed by atoms with Gasteiger partial charge in [0.15, 0.2) is 0 Å². The molecule has 0 aromatic carbocycles. The van der Waals surface area contributed by atoms with Crippen molar-refractivity contribution in [1.29, 1.82) is 0 Å². The van der Waals surface area contributed by atoms with E-state index in [-0.39, 0.29) is 12.1 Å². The number of aliphatic hydroxyl groups excluding tert-OH is 1. The summed E-state index contributed by atoms with van der Waals surface area (Å²) in [4.78, 5) is 0. The van der Waals surface area contributed by atoms with E-state index in [1.807, 2.05) is 0 Å². The number of allylic oxidation sites excluding steroid dienone is 1. The minimum atomic E-state index is 0.0409. The first-order valence-corrected chi connectivity index (χ1v) is 5.86.